The Labute approximate surface area is 124 Å². The van der Waals surface area contributed by atoms with Crippen molar-refractivity contribution in [2.75, 3.05) is 26.7 Å². The third-order valence-electron chi connectivity index (χ3n) is 4.72. The molecular formula is C16H33N3O. The number of likely N-dealkylation sites (tertiary alicyclic amines) is 1. The number of nitrogens with one attached hydrogen (secondary N) is 2. The molecule has 4 nitrogen and oxygen atoms in total. The zero-order valence-electron chi connectivity index (χ0n) is 14.0. The van der Waals surface area contributed by atoms with Crippen molar-refractivity contribution >= 4 is 5.91 Å². The van der Waals surface area contributed by atoms with Gasteiger partial charge in [0.25, 0.3) is 0 Å². The van der Waals surface area contributed by atoms with E-state index >= 15 is 0 Å². The van der Waals surface area contributed by atoms with Gasteiger partial charge in [0.05, 0.1) is 6.04 Å². The SMILES string of the molecule is CCC(C)(C)NC(=O)C(C)N1CCC(CCNC)CC1. The molecule has 0 saturated carbocycles. The summed E-state index contributed by atoms with van der Waals surface area (Å²) in [5.41, 5.74) is -0.101. The van der Waals surface area contributed by atoms with E-state index in [1.807, 2.05) is 14.0 Å². The summed E-state index contributed by atoms with van der Waals surface area (Å²) >= 11 is 0. The second kappa shape index (κ2) is 7.99. The molecule has 1 atom stereocenters. The lowest BCUT2D eigenvalue weighted by Crippen LogP contribution is -2.53. The van der Waals surface area contributed by atoms with Crippen LogP contribution >= 0.6 is 0 Å². The van der Waals surface area contributed by atoms with Gasteiger partial charge in [-0.15, -0.1) is 0 Å². The summed E-state index contributed by atoms with van der Waals surface area (Å²) in [5.74, 6) is 0.992. The highest BCUT2D eigenvalue weighted by atomic mass is 16.2. The summed E-state index contributed by atoms with van der Waals surface area (Å²) < 4.78 is 0. The minimum atomic E-state index is -0.101. The molecule has 1 unspecified atom stereocenters. The Kier molecular flexibility index (Phi) is 6.96. The van der Waals surface area contributed by atoms with Crippen molar-refractivity contribution in [2.45, 2.75) is 65.0 Å². The van der Waals surface area contributed by atoms with E-state index in [-0.39, 0.29) is 17.5 Å². The summed E-state index contributed by atoms with van der Waals surface area (Å²) in [7, 11) is 2.01. The van der Waals surface area contributed by atoms with Gasteiger partial charge in [0.15, 0.2) is 0 Å². The van der Waals surface area contributed by atoms with Gasteiger partial charge in [-0.25, -0.2) is 0 Å². The minimum absolute atomic E-state index is 0.00826. The molecule has 1 amide bonds. The maximum Gasteiger partial charge on any atom is 0.237 e. The summed E-state index contributed by atoms with van der Waals surface area (Å²) in [6.07, 6.45) is 4.65. The van der Waals surface area contributed by atoms with Crippen molar-refractivity contribution < 1.29 is 4.79 Å². The molecule has 20 heavy (non-hydrogen) atoms. The number of piperidine rings is 1. The second-order valence-electron chi connectivity index (χ2n) is 6.77. The Hall–Kier alpha value is -0.610. The summed E-state index contributed by atoms with van der Waals surface area (Å²) in [6, 6.07) is -0.00826. The van der Waals surface area contributed by atoms with Crippen LogP contribution in [-0.2, 0) is 4.79 Å². The highest BCUT2D eigenvalue weighted by Gasteiger charge is 2.28. The number of amides is 1. The highest BCUT2D eigenvalue weighted by Crippen LogP contribution is 2.21. The van der Waals surface area contributed by atoms with E-state index in [2.05, 4.69) is 36.3 Å². The van der Waals surface area contributed by atoms with Gasteiger partial charge in [-0.3, -0.25) is 9.69 Å². The maximum atomic E-state index is 12.3. The molecule has 1 aliphatic rings. The van der Waals surface area contributed by atoms with Gasteiger partial charge in [-0.05, 0) is 79.1 Å². The molecule has 0 radical (unpaired) electrons. The first-order valence-electron chi connectivity index (χ1n) is 8.10. The average Bonchev–Trinajstić information content (AvgIpc) is 2.44. The summed E-state index contributed by atoms with van der Waals surface area (Å²) in [4.78, 5) is 14.6. The van der Waals surface area contributed by atoms with E-state index in [0.29, 0.717) is 0 Å². The van der Waals surface area contributed by atoms with Crippen LogP contribution in [0.3, 0.4) is 0 Å². The zero-order valence-corrected chi connectivity index (χ0v) is 14.0. The number of hydrogen-bond acceptors (Lipinski definition) is 3. The molecule has 0 aromatic rings. The number of carbonyl (C=O) groups is 1. The van der Waals surface area contributed by atoms with Gasteiger partial charge >= 0.3 is 0 Å². The molecule has 1 heterocycles. The van der Waals surface area contributed by atoms with Crippen LogP contribution < -0.4 is 10.6 Å². The Morgan fingerprint density at radius 1 is 1.35 bits per heavy atom. The first kappa shape index (κ1) is 17.4. The molecule has 4 heteroatoms. The van der Waals surface area contributed by atoms with Crippen LogP contribution in [0.1, 0.15) is 53.4 Å². The molecule has 118 valence electrons. The van der Waals surface area contributed by atoms with Crippen molar-refractivity contribution in [1.29, 1.82) is 0 Å². The lowest BCUT2D eigenvalue weighted by Gasteiger charge is -2.37. The first-order chi connectivity index (χ1) is 9.39. The summed E-state index contributed by atoms with van der Waals surface area (Å²) in [5, 5.41) is 6.38. The van der Waals surface area contributed by atoms with Crippen molar-refractivity contribution in [1.82, 2.24) is 15.5 Å². The van der Waals surface area contributed by atoms with Crippen LogP contribution in [0.25, 0.3) is 0 Å². The lowest BCUT2D eigenvalue weighted by molar-refractivity contribution is -0.128. The van der Waals surface area contributed by atoms with Gasteiger partial charge in [0.2, 0.25) is 5.91 Å². The van der Waals surface area contributed by atoms with Crippen LogP contribution in [0.4, 0.5) is 0 Å². The molecule has 0 spiro atoms. The van der Waals surface area contributed by atoms with Crippen LogP contribution in [0, 0.1) is 5.92 Å². The van der Waals surface area contributed by atoms with E-state index < -0.39 is 0 Å². The molecule has 0 bridgehead atoms. The third kappa shape index (κ3) is 5.41. The monoisotopic (exact) mass is 283 g/mol. The number of nitrogens with zero attached hydrogens (tertiary/aromatic N) is 1. The molecule has 0 aromatic heterocycles. The Bertz CT molecular complexity index is 296. The average molecular weight is 283 g/mol. The quantitative estimate of drug-likeness (QED) is 0.751. The fourth-order valence-electron chi connectivity index (χ4n) is 2.67. The standard InChI is InChI=1S/C16H33N3O/c1-6-16(3,4)18-15(20)13(2)19-11-8-14(9-12-19)7-10-17-5/h13-14,17H,6-12H2,1-5H3,(H,18,20). The highest BCUT2D eigenvalue weighted by molar-refractivity contribution is 5.82. The third-order valence-corrected chi connectivity index (χ3v) is 4.72. The van der Waals surface area contributed by atoms with Gasteiger partial charge < -0.3 is 10.6 Å². The molecule has 0 aliphatic carbocycles. The molecule has 1 fully saturated rings. The van der Waals surface area contributed by atoms with Gasteiger partial charge in [-0.2, -0.15) is 0 Å². The first-order valence-corrected chi connectivity index (χ1v) is 8.10. The van der Waals surface area contributed by atoms with Crippen molar-refractivity contribution in [3.8, 4) is 0 Å². The molecule has 1 aliphatic heterocycles. The molecule has 1 rings (SSSR count). The fourth-order valence-corrected chi connectivity index (χ4v) is 2.67. The normalized spacial score (nSPS) is 19.9. The van der Waals surface area contributed by atoms with E-state index in [4.69, 9.17) is 0 Å². The summed E-state index contributed by atoms with van der Waals surface area (Å²) in [6.45, 7) is 11.5. The van der Waals surface area contributed by atoms with Crippen molar-refractivity contribution in [2.24, 2.45) is 5.92 Å². The largest absolute Gasteiger partial charge is 0.350 e. The van der Waals surface area contributed by atoms with Crippen LogP contribution in [0.5, 0.6) is 0 Å². The van der Waals surface area contributed by atoms with Crippen molar-refractivity contribution in [3.05, 3.63) is 0 Å². The minimum Gasteiger partial charge on any atom is -0.350 e. The number of rotatable bonds is 7. The Morgan fingerprint density at radius 3 is 2.45 bits per heavy atom. The topological polar surface area (TPSA) is 44.4 Å². The van der Waals surface area contributed by atoms with Gasteiger partial charge in [-0.1, -0.05) is 6.92 Å². The van der Waals surface area contributed by atoms with E-state index in [1.54, 1.807) is 0 Å². The Morgan fingerprint density at radius 2 is 1.95 bits per heavy atom. The van der Waals surface area contributed by atoms with Crippen LogP contribution in [0.2, 0.25) is 0 Å². The molecule has 2 N–H and O–H groups in total. The Balaban J connectivity index is 2.38. The molecule has 0 aromatic carbocycles. The molecule has 1 saturated heterocycles. The van der Waals surface area contributed by atoms with Crippen LogP contribution in [0.15, 0.2) is 0 Å². The predicted molar refractivity (Wildman–Crippen MR) is 84.8 cm³/mol. The van der Waals surface area contributed by atoms with Crippen molar-refractivity contribution in [3.63, 3.8) is 0 Å². The predicted octanol–water partition coefficient (Wildman–Crippen LogP) is 2.00. The van der Waals surface area contributed by atoms with E-state index in [9.17, 15) is 4.79 Å². The molecular weight excluding hydrogens is 250 g/mol. The number of carbonyl (C=O) groups excluding carboxylic acids is 1. The maximum absolute atomic E-state index is 12.3. The van der Waals surface area contributed by atoms with Crippen LogP contribution in [-0.4, -0.2) is 49.1 Å². The van der Waals surface area contributed by atoms with E-state index in [1.165, 1.54) is 19.3 Å². The van der Waals surface area contributed by atoms with Gasteiger partial charge in [0.1, 0.15) is 0 Å². The lowest BCUT2D eigenvalue weighted by atomic mass is 9.92. The smallest absolute Gasteiger partial charge is 0.237 e. The van der Waals surface area contributed by atoms with Gasteiger partial charge in [0, 0.05) is 5.54 Å². The zero-order chi connectivity index (χ0) is 15.2. The van der Waals surface area contributed by atoms with E-state index in [0.717, 1.165) is 32.0 Å². The number of hydrogen-bond donors (Lipinski definition) is 2. The fraction of sp³-hybridized carbons (Fsp3) is 0.938. The second-order valence-corrected chi connectivity index (χ2v) is 6.77.